The van der Waals surface area contributed by atoms with Crippen molar-refractivity contribution >= 4 is 11.8 Å². The predicted octanol–water partition coefficient (Wildman–Crippen LogP) is 5.74. The van der Waals surface area contributed by atoms with E-state index in [1.54, 1.807) is 6.92 Å². The van der Waals surface area contributed by atoms with Gasteiger partial charge in [-0.1, -0.05) is 34.6 Å². The van der Waals surface area contributed by atoms with Gasteiger partial charge >= 0.3 is 0 Å². The zero-order valence-corrected chi connectivity index (χ0v) is 22.0. The number of hydrogen-bond acceptors (Lipinski definition) is 2. The number of rotatable bonds is 6. The van der Waals surface area contributed by atoms with E-state index in [1.165, 1.54) is 0 Å². The van der Waals surface area contributed by atoms with Gasteiger partial charge in [0, 0.05) is 19.0 Å². The summed E-state index contributed by atoms with van der Waals surface area (Å²) >= 11 is 0. The van der Waals surface area contributed by atoms with Crippen LogP contribution in [0.4, 0.5) is 8.78 Å². The summed E-state index contributed by atoms with van der Waals surface area (Å²) in [6, 6.07) is 0.158. The second-order valence-corrected chi connectivity index (χ2v) is 13.3. The molecule has 0 aromatic heterocycles. The van der Waals surface area contributed by atoms with Crippen molar-refractivity contribution in [2.45, 2.75) is 98.5 Å². The van der Waals surface area contributed by atoms with E-state index in [9.17, 15) is 18.4 Å². The molecule has 3 saturated carbocycles. The van der Waals surface area contributed by atoms with Gasteiger partial charge in [-0.25, -0.2) is 8.78 Å². The molecular formula is C28H46F2N2O2. The molecule has 4 nitrogen and oxygen atoms in total. The molecule has 34 heavy (non-hydrogen) atoms. The Hall–Kier alpha value is -1.20. The Kier molecular flexibility index (Phi) is 6.87. The third-order valence-electron chi connectivity index (χ3n) is 11.3. The van der Waals surface area contributed by atoms with Crippen molar-refractivity contribution in [1.29, 1.82) is 0 Å². The first-order valence-corrected chi connectivity index (χ1v) is 13.7. The standard InChI is InChI=1S/C28H46F2N2O2/c1-15(2)13-18(16(3)24(29)30)21-9-8-20-17-7-10-23-28(5,22(17)11-12-27(20,21)4)14-19(25(31)33)26(34)32(23)6/h15-24H,7-14H2,1-6H3,(H2,31,33)/t16?,17-,18?,19?,20-,21?,22+,23?,27-,28+/m0/s1. The van der Waals surface area contributed by atoms with E-state index in [2.05, 4.69) is 27.7 Å². The zero-order valence-electron chi connectivity index (χ0n) is 22.0. The van der Waals surface area contributed by atoms with Crippen LogP contribution in [0.25, 0.3) is 0 Å². The Morgan fingerprint density at radius 2 is 1.71 bits per heavy atom. The Balaban J connectivity index is 1.62. The maximum Gasteiger partial charge on any atom is 0.241 e. The second-order valence-electron chi connectivity index (χ2n) is 13.3. The number of primary amides is 1. The summed E-state index contributed by atoms with van der Waals surface area (Å²) < 4.78 is 27.9. The number of halogens is 2. The number of nitrogens with zero attached hydrogens (tertiary/aromatic N) is 1. The molecule has 6 heteroatoms. The largest absolute Gasteiger partial charge is 0.369 e. The van der Waals surface area contributed by atoms with Crippen LogP contribution >= 0.6 is 0 Å². The van der Waals surface area contributed by atoms with E-state index >= 15 is 0 Å². The fraction of sp³-hybridized carbons (Fsp3) is 0.929. The summed E-state index contributed by atoms with van der Waals surface area (Å²) in [7, 11) is 1.85. The molecule has 1 heterocycles. The van der Waals surface area contributed by atoms with Gasteiger partial charge in [0.2, 0.25) is 18.2 Å². The van der Waals surface area contributed by atoms with Crippen molar-refractivity contribution in [3.8, 4) is 0 Å². The number of carbonyl (C=O) groups is 2. The quantitative estimate of drug-likeness (QED) is 0.493. The van der Waals surface area contributed by atoms with Crippen LogP contribution in [0, 0.1) is 58.2 Å². The van der Waals surface area contributed by atoms with Crippen molar-refractivity contribution in [3.63, 3.8) is 0 Å². The predicted molar refractivity (Wildman–Crippen MR) is 130 cm³/mol. The Morgan fingerprint density at radius 1 is 1.06 bits per heavy atom. The topological polar surface area (TPSA) is 63.4 Å². The van der Waals surface area contributed by atoms with Crippen molar-refractivity contribution in [2.75, 3.05) is 7.05 Å². The van der Waals surface area contributed by atoms with Gasteiger partial charge < -0.3 is 10.6 Å². The Labute approximate surface area is 204 Å². The lowest BCUT2D eigenvalue weighted by Gasteiger charge is -2.63. The lowest BCUT2D eigenvalue weighted by atomic mass is 9.45. The van der Waals surface area contributed by atoms with E-state index in [0.29, 0.717) is 36.0 Å². The number of likely N-dealkylation sites (tertiary alicyclic amines) is 1. The van der Waals surface area contributed by atoms with Crippen molar-refractivity contribution in [1.82, 2.24) is 4.90 Å². The molecule has 10 atom stereocenters. The van der Waals surface area contributed by atoms with E-state index in [0.717, 1.165) is 44.9 Å². The lowest BCUT2D eigenvalue weighted by Crippen LogP contribution is -2.64. The fourth-order valence-corrected chi connectivity index (χ4v) is 9.73. The highest BCUT2D eigenvalue weighted by atomic mass is 19.3. The van der Waals surface area contributed by atoms with Crippen molar-refractivity contribution in [3.05, 3.63) is 0 Å². The molecule has 4 rings (SSSR count). The molecular weight excluding hydrogens is 434 g/mol. The second kappa shape index (κ2) is 9.03. The van der Waals surface area contributed by atoms with Gasteiger partial charge in [0.15, 0.2) is 0 Å². The van der Waals surface area contributed by atoms with E-state index in [4.69, 9.17) is 5.73 Å². The zero-order chi connectivity index (χ0) is 25.2. The molecule has 2 N–H and O–H groups in total. The van der Waals surface area contributed by atoms with Crippen LogP contribution in [0.2, 0.25) is 0 Å². The van der Waals surface area contributed by atoms with Gasteiger partial charge in [-0.3, -0.25) is 9.59 Å². The minimum Gasteiger partial charge on any atom is -0.369 e. The maximum atomic E-state index is 13.9. The highest BCUT2D eigenvalue weighted by Crippen LogP contribution is 2.68. The third-order valence-corrected chi connectivity index (χ3v) is 11.3. The first kappa shape index (κ1) is 25.9. The molecule has 4 aliphatic rings. The molecule has 5 unspecified atom stereocenters. The summed E-state index contributed by atoms with van der Waals surface area (Å²) in [6.45, 7) is 10.8. The minimum atomic E-state index is -2.27. The number of carbonyl (C=O) groups excluding carboxylic acids is 2. The summed E-state index contributed by atoms with van der Waals surface area (Å²) in [6.07, 6.45) is 5.53. The number of hydrogen-bond donors (Lipinski definition) is 1. The molecule has 0 aromatic carbocycles. The minimum absolute atomic E-state index is 0.0659. The van der Waals surface area contributed by atoms with Gasteiger partial charge in [0.1, 0.15) is 5.92 Å². The average Bonchev–Trinajstić information content (AvgIpc) is 3.10. The number of nitrogens with two attached hydrogens (primary N) is 1. The summed E-state index contributed by atoms with van der Waals surface area (Å²) in [5, 5.41) is 0. The molecule has 2 amide bonds. The van der Waals surface area contributed by atoms with Crippen LogP contribution in [-0.2, 0) is 9.59 Å². The molecule has 0 radical (unpaired) electrons. The number of alkyl halides is 2. The third kappa shape index (κ3) is 3.89. The number of piperidine rings is 1. The molecule has 0 bridgehead atoms. The Morgan fingerprint density at radius 3 is 2.29 bits per heavy atom. The average molecular weight is 481 g/mol. The van der Waals surface area contributed by atoms with Crippen LogP contribution in [0.1, 0.15) is 86.0 Å². The smallest absolute Gasteiger partial charge is 0.241 e. The monoisotopic (exact) mass is 480 g/mol. The highest BCUT2D eigenvalue weighted by Gasteiger charge is 2.63. The molecule has 4 fully saturated rings. The summed E-state index contributed by atoms with van der Waals surface area (Å²) in [4.78, 5) is 26.8. The van der Waals surface area contributed by atoms with E-state index in [-0.39, 0.29) is 28.7 Å². The summed E-state index contributed by atoms with van der Waals surface area (Å²) in [5.74, 6) is 0.466. The molecule has 0 spiro atoms. The Bertz CT molecular complexity index is 803. The lowest BCUT2D eigenvalue weighted by molar-refractivity contribution is -0.171. The molecule has 1 aliphatic heterocycles. The van der Waals surface area contributed by atoms with Crippen LogP contribution in [0.15, 0.2) is 0 Å². The molecule has 3 aliphatic carbocycles. The van der Waals surface area contributed by atoms with Crippen LogP contribution in [-0.4, -0.2) is 36.2 Å². The van der Waals surface area contributed by atoms with Gasteiger partial charge in [-0.15, -0.1) is 0 Å². The van der Waals surface area contributed by atoms with Crippen LogP contribution < -0.4 is 5.73 Å². The first-order valence-electron chi connectivity index (χ1n) is 13.7. The summed E-state index contributed by atoms with van der Waals surface area (Å²) in [5.41, 5.74) is 5.66. The SMILES string of the molecule is CC(C)CC(C(C)C(F)F)C1CC[C@H]2[C@@H]3CCC4N(C)C(=O)C(C(N)=O)C[C@]4(C)[C@@H]3CC[C@]12C. The van der Waals surface area contributed by atoms with Crippen molar-refractivity contribution < 1.29 is 18.4 Å². The molecule has 1 saturated heterocycles. The van der Waals surface area contributed by atoms with E-state index < -0.39 is 24.2 Å². The van der Waals surface area contributed by atoms with Crippen LogP contribution in [0.3, 0.4) is 0 Å². The molecule has 194 valence electrons. The fourth-order valence-electron chi connectivity index (χ4n) is 9.73. The van der Waals surface area contributed by atoms with Crippen LogP contribution in [0.5, 0.6) is 0 Å². The normalized spacial score (nSPS) is 43.9. The van der Waals surface area contributed by atoms with Gasteiger partial charge in [-0.2, -0.15) is 0 Å². The van der Waals surface area contributed by atoms with Crippen molar-refractivity contribution in [2.24, 2.45) is 63.9 Å². The number of fused-ring (bicyclic) bond motifs is 5. The van der Waals surface area contributed by atoms with E-state index in [1.807, 2.05) is 11.9 Å². The molecule has 0 aromatic rings. The highest BCUT2D eigenvalue weighted by molar-refractivity contribution is 6.00. The maximum absolute atomic E-state index is 13.9. The van der Waals surface area contributed by atoms with Gasteiger partial charge in [0.05, 0.1) is 0 Å². The van der Waals surface area contributed by atoms with Gasteiger partial charge in [-0.05, 0) is 97.7 Å². The van der Waals surface area contributed by atoms with Gasteiger partial charge in [0.25, 0.3) is 0 Å². The number of amides is 2. The first-order chi connectivity index (χ1) is 15.8.